The van der Waals surface area contributed by atoms with Crippen molar-refractivity contribution in [2.75, 3.05) is 0 Å². The van der Waals surface area contributed by atoms with E-state index in [4.69, 9.17) is 10.2 Å². The van der Waals surface area contributed by atoms with Crippen molar-refractivity contribution in [3.05, 3.63) is 53.7 Å². The summed E-state index contributed by atoms with van der Waals surface area (Å²) in [5.41, 5.74) is 6.35. The average Bonchev–Trinajstić information content (AvgIpc) is 2.91. The first-order chi connectivity index (χ1) is 8.59. The van der Waals surface area contributed by atoms with E-state index in [1.165, 1.54) is 12.5 Å². The molecule has 0 aliphatic carbocycles. The summed E-state index contributed by atoms with van der Waals surface area (Å²) in [5, 5.41) is 0. The molecule has 0 radical (unpaired) electrons. The van der Waals surface area contributed by atoms with Gasteiger partial charge >= 0.3 is 0 Å². The molecule has 1 aromatic heterocycles. The highest BCUT2D eigenvalue weighted by atomic mass is 16.3. The SMILES string of the molecule is CC(C(N)=O)c1cccc(C(=O)c2ncco2)c1. The Morgan fingerprint density at radius 2 is 2.17 bits per heavy atom. The van der Waals surface area contributed by atoms with Crippen LogP contribution in [0.4, 0.5) is 0 Å². The summed E-state index contributed by atoms with van der Waals surface area (Å²) in [6.07, 6.45) is 2.74. The Bertz CT molecular complexity index is 576. The third kappa shape index (κ3) is 2.29. The molecule has 1 amide bonds. The molecule has 1 atom stereocenters. The molecule has 1 aromatic carbocycles. The van der Waals surface area contributed by atoms with Crippen molar-refractivity contribution in [1.29, 1.82) is 0 Å². The fourth-order valence-corrected chi connectivity index (χ4v) is 1.57. The fourth-order valence-electron chi connectivity index (χ4n) is 1.57. The van der Waals surface area contributed by atoms with Crippen molar-refractivity contribution in [3.8, 4) is 0 Å². The maximum absolute atomic E-state index is 12.0. The Morgan fingerprint density at radius 1 is 1.39 bits per heavy atom. The largest absolute Gasteiger partial charge is 0.442 e. The van der Waals surface area contributed by atoms with Crippen LogP contribution in [-0.2, 0) is 4.79 Å². The molecule has 92 valence electrons. The number of rotatable bonds is 4. The van der Waals surface area contributed by atoms with Crippen LogP contribution in [0, 0.1) is 0 Å². The van der Waals surface area contributed by atoms with E-state index in [2.05, 4.69) is 4.98 Å². The second-order valence-electron chi connectivity index (χ2n) is 3.92. The first-order valence-corrected chi connectivity index (χ1v) is 5.43. The first-order valence-electron chi connectivity index (χ1n) is 5.43. The number of nitrogens with two attached hydrogens (primary N) is 1. The lowest BCUT2D eigenvalue weighted by Crippen LogP contribution is -2.19. The number of ketones is 1. The van der Waals surface area contributed by atoms with Gasteiger partial charge in [-0.25, -0.2) is 4.98 Å². The van der Waals surface area contributed by atoms with Gasteiger partial charge in [0.2, 0.25) is 11.7 Å². The zero-order chi connectivity index (χ0) is 13.1. The summed E-state index contributed by atoms with van der Waals surface area (Å²) >= 11 is 0. The fraction of sp³-hybridized carbons (Fsp3) is 0.154. The maximum Gasteiger partial charge on any atom is 0.268 e. The minimum absolute atomic E-state index is 0.0267. The lowest BCUT2D eigenvalue weighted by atomic mass is 9.97. The van der Waals surface area contributed by atoms with Crippen molar-refractivity contribution in [2.45, 2.75) is 12.8 Å². The Morgan fingerprint density at radius 3 is 2.78 bits per heavy atom. The molecule has 0 spiro atoms. The van der Waals surface area contributed by atoms with Crippen molar-refractivity contribution < 1.29 is 14.0 Å². The van der Waals surface area contributed by atoms with E-state index in [0.29, 0.717) is 11.1 Å². The summed E-state index contributed by atoms with van der Waals surface area (Å²) in [4.78, 5) is 26.9. The van der Waals surface area contributed by atoms with Crippen LogP contribution in [0.1, 0.15) is 34.7 Å². The third-order valence-corrected chi connectivity index (χ3v) is 2.70. The highest BCUT2D eigenvalue weighted by molar-refractivity contribution is 6.06. The van der Waals surface area contributed by atoms with Gasteiger partial charge in [0.15, 0.2) is 0 Å². The Balaban J connectivity index is 2.33. The Hall–Kier alpha value is -2.43. The van der Waals surface area contributed by atoms with Gasteiger partial charge in [0.25, 0.3) is 5.89 Å². The highest BCUT2D eigenvalue weighted by Crippen LogP contribution is 2.17. The van der Waals surface area contributed by atoms with Crippen LogP contribution in [0.15, 0.2) is 41.1 Å². The van der Waals surface area contributed by atoms with Gasteiger partial charge in [-0.15, -0.1) is 0 Å². The number of primary amides is 1. The number of nitrogens with zero attached hydrogens (tertiary/aromatic N) is 1. The summed E-state index contributed by atoms with van der Waals surface area (Å²) in [7, 11) is 0. The van der Waals surface area contributed by atoms with Gasteiger partial charge in [-0.3, -0.25) is 9.59 Å². The van der Waals surface area contributed by atoms with Crippen LogP contribution in [0.5, 0.6) is 0 Å². The van der Waals surface area contributed by atoms with Crippen LogP contribution < -0.4 is 5.73 Å². The predicted molar refractivity (Wildman–Crippen MR) is 64.0 cm³/mol. The molecule has 0 saturated carbocycles. The molecule has 0 aliphatic heterocycles. The summed E-state index contributed by atoms with van der Waals surface area (Å²) in [6, 6.07) is 6.72. The van der Waals surface area contributed by atoms with Gasteiger partial charge in [-0.2, -0.15) is 0 Å². The van der Waals surface area contributed by atoms with E-state index in [0.717, 1.165) is 0 Å². The highest BCUT2D eigenvalue weighted by Gasteiger charge is 2.17. The molecule has 0 bridgehead atoms. The molecule has 2 rings (SSSR count). The molecule has 0 aliphatic rings. The number of oxazole rings is 1. The number of hydrogen-bond donors (Lipinski definition) is 1. The molecule has 2 N–H and O–H groups in total. The van der Waals surface area contributed by atoms with Gasteiger partial charge in [0.05, 0.1) is 12.1 Å². The zero-order valence-electron chi connectivity index (χ0n) is 9.79. The van der Waals surface area contributed by atoms with Crippen molar-refractivity contribution in [3.63, 3.8) is 0 Å². The maximum atomic E-state index is 12.0. The summed E-state index contributed by atoms with van der Waals surface area (Å²) in [6.45, 7) is 1.69. The summed E-state index contributed by atoms with van der Waals surface area (Å²) in [5.74, 6) is -1.17. The Kier molecular flexibility index (Phi) is 3.23. The molecule has 5 nitrogen and oxygen atoms in total. The number of amides is 1. The van der Waals surface area contributed by atoms with Crippen LogP contribution in [0.2, 0.25) is 0 Å². The minimum Gasteiger partial charge on any atom is -0.442 e. The molecule has 0 saturated heterocycles. The number of benzene rings is 1. The predicted octanol–water partition coefficient (Wildman–Crippen LogP) is 1.49. The van der Waals surface area contributed by atoms with Crippen molar-refractivity contribution in [2.24, 2.45) is 5.73 Å². The molecule has 1 unspecified atom stereocenters. The topological polar surface area (TPSA) is 86.2 Å². The quantitative estimate of drug-likeness (QED) is 0.825. The number of aromatic nitrogens is 1. The van der Waals surface area contributed by atoms with E-state index in [-0.39, 0.29) is 11.7 Å². The standard InChI is InChI=1S/C13H12N2O3/c1-8(12(14)17)9-3-2-4-10(7-9)11(16)13-15-5-6-18-13/h2-8H,1H3,(H2,14,17). The lowest BCUT2D eigenvalue weighted by Gasteiger charge is -2.08. The van der Waals surface area contributed by atoms with Crippen LogP contribution in [-0.4, -0.2) is 16.7 Å². The van der Waals surface area contributed by atoms with Crippen LogP contribution in [0.3, 0.4) is 0 Å². The van der Waals surface area contributed by atoms with E-state index in [9.17, 15) is 9.59 Å². The zero-order valence-corrected chi connectivity index (χ0v) is 9.79. The normalized spacial score (nSPS) is 12.1. The smallest absolute Gasteiger partial charge is 0.268 e. The van der Waals surface area contributed by atoms with Gasteiger partial charge < -0.3 is 10.2 Å². The molecule has 0 fully saturated rings. The van der Waals surface area contributed by atoms with Crippen LogP contribution >= 0.6 is 0 Å². The molecular weight excluding hydrogens is 232 g/mol. The van der Waals surface area contributed by atoms with Gasteiger partial charge in [-0.1, -0.05) is 18.2 Å². The van der Waals surface area contributed by atoms with Gasteiger partial charge in [0.1, 0.15) is 6.26 Å². The lowest BCUT2D eigenvalue weighted by molar-refractivity contribution is -0.119. The molecular formula is C13H12N2O3. The minimum atomic E-state index is -0.442. The number of carbonyl (C=O) groups is 2. The van der Waals surface area contributed by atoms with Gasteiger partial charge in [0, 0.05) is 5.56 Å². The number of hydrogen-bond acceptors (Lipinski definition) is 4. The Labute approximate surface area is 104 Å². The molecule has 2 aromatic rings. The molecule has 5 heteroatoms. The molecule has 18 heavy (non-hydrogen) atoms. The summed E-state index contributed by atoms with van der Waals surface area (Å²) < 4.78 is 4.95. The van der Waals surface area contributed by atoms with E-state index >= 15 is 0 Å². The molecule has 1 heterocycles. The van der Waals surface area contributed by atoms with Crippen molar-refractivity contribution >= 4 is 11.7 Å². The third-order valence-electron chi connectivity index (χ3n) is 2.70. The first kappa shape index (κ1) is 12.0. The monoisotopic (exact) mass is 244 g/mol. The van der Waals surface area contributed by atoms with E-state index in [1.807, 2.05) is 0 Å². The van der Waals surface area contributed by atoms with Crippen LogP contribution in [0.25, 0.3) is 0 Å². The average molecular weight is 244 g/mol. The van der Waals surface area contributed by atoms with E-state index in [1.54, 1.807) is 31.2 Å². The van der Waals surface area contributed by atoms with Crippen molar-refractivity contribution in [1.82, 2.24) is 4.98 Å². The van der Waals surface area contributed by atoms with E-state index < -0.39 is 11.8 Å². The second-order valence-corrected chi connectivity index (χ2v) is 3.92. The number of carbonyl (C=O) groups excluding carboxylic acids is 2. The second kappa shape index (κ2) is 4.83. The van der Waals surface area contributed by atoms with Gasteiger partial charge in [-0.05, 0) is 18.6 Å².